The smallest absolute Gasteiger partial charge is 0.264 e. The van der Waals surface area contributed by atoms with E-state index in [-0.39, 0.29) is 34.1 Å². The summed E-state index contributed by atoms with van der Waals surface area (Å²) in [4.78, 5) is 28.3. The van der Waals surface area contributed by atoms with Gasteiger partial charge in [0.15, 0.2) is 0 Å². The quantitative estimate of drug-likeness (QED) is 0.281. The Labute approximate surface area is 244 Å². The van der Waals surface area contributed by atoms with Crippen LogP contribution in [0.15, 0.2) is 77.7 Å². The van der Waals surface area contributed by atoms with Crippen molar-refractivity contribution in [1.29, 1.82) is 0 Å². The van der Waals surface area contributed by atoms with E-state index < -0.39 is 28.5 Å². The second-order valence-corrected chi connectivity index (χ2v) is 12.1. The second kappa shape index (κ2) is 13.5. The van der Waals surface area contributed by atoms with Crippen LogP contribution in [-0.2, 0) is 26.2 Å². The van der Waals surface area contributed by atoms with Crippen LogP contribution in [0.5, 0.6) is 0 Å². The number of nitrogens with zero attached hydrogens (tertiary/aromatic N) is 2. The highest BCUT2D eigenvalue weighted by Crippen LogP contribution is 2.31. The fourth-order valence-electron chi connectivity index (χ4n) is 3.77. The maximum absolute atomic E-state index is 13.9. The van der Waals surface area contributed by atoms with Crippen LogP contribution in [0.2, 0.25) is 15.1 Å². The number of rotatable bonds is 11. The summed E-state index contributed by atoms with van der Waals surface area (Å²) in [5.74, 6) is -0.972. The maximum atomic E-state index is 13.9. The number of para-hydroxylation sites is 1. The number of benzene rings is 3. The molecule has 3 aromatic carbocycles. The highest BCUT2D eigenvalue weighted by molar-refractivity contribution is 7.92. The van der Waals surface area contributed by atoms with Gasteiger partial charge in [0.25, 0.3) is 10.0 Å². The first-order valence-corrected chi connectivity index (χ1v) is 14.9. The second-order valence-electron chi connectivity index (χ2n) is 9.04. The third-order valence-electron chi connectivity index (χ3n) is 6.24. The van der Waals surface area contributed by atoms with Gasteiger partial charge < -0.3 is 10.2 Å². The Morgan fingerprint density at radius 2 is 1.51 bits per heavy atom. The maximum Gasteiger partial charge on any atom is 0.264 e. The largest absolute Gasteiger partial charge is 0.352 e. The Morgan fingerprint density at radius 1 is 0.872 bits per heavy atom. The Bertz CT molecular complexity index is 1420. The minimum absolute atomic E-state index is 0.00341. The van der Waals surface area contributed by atoms with Crippen LogP contribution in [0, 0.1) is 0 Å². The minimum Gasteiger partial charge on any atom is -0.352 e. The minimum atomic E-state index is -4.20. The number of hydrogen-bond acceptors (Lipinski definition) is 4. The lowest BCUT2D eigenvalue weighted by molar-refractivity contribution is -0.139. The summed E-state index contributed by atoms with van der Waals surface area (Å²) >= 11 is 18.7. The zero-order valence-corrected chi connectivity index (χ0v) is 24.9. The number of anilines is 1. The molecule has 0 aliphatic heterocycles. The average molecular weight is 611 g/mol. The summed E-state index contributed by atoms with van der Waals surface area (Å²) in [6.45, 7) is 4.79. The van der Waals surface area contributed by atoms with Gasteiger partial charge in [-0.1, -0.05) is 78.1 Å². The molecule has 0 spiro atoms. The van der Waals surface area contributed by atoms with E-state index in [1.165, 1.54) is 23.1 Å². The van der Waals surface area contributed by atoms with Gasteiger partial charge in [0.1, 0.15) is 12.6 Å². The molecule has 0 unspecified atom stereocenters. The van der Waals surface area contributed by atoms with Crippen molar-refractivity contribution in [3.8, 4) is 0 Å². The number of nitrogens with one attached hydrogen (secondary N) is 1. The van der Waals surface area contributed by atoms with E-state index in [0.29, 0.717) is 22.0 Å². The van der Waals surface area contributed by atoms with E-state index in [1.54, 1.807) is 61.5 Å². The van der Waals surface area contributed by atoms with Crippen molar-refractivity contribution in [2.45, 2.75) is 50.7 Å². The van der Waals surface area contributed by atoms with Crippen molar-refractivity contribution in [2.24, 2.45) is 0 Å². The molecule has 39 heavy (non-hydrogen) atoms. The Hall–Kier alpha value is -2.78. The average Bonchev–Trinajstić information content (AvgIpc) is 2.92. The van der Waals surface area contributed by atoms with E-state index in [9.17, 15) is 18.0 Å². The molecule has 0 saturated heterocycles. The molecule has 0 bridgehead atoms. The molecular weight excluding hydrogens is 581 g/mol. The lowest BCUT2D eigenvalue weighted by Gasteiger charge is -2.32. The van der Waals surface area contributed by atoms with Gasteiger partial charge in [-0.15, -0.1) is 0 Å². The summed E-state index contributed by atoms with van der Waals surface area (Å²) in [6.07, 6.45) is 0.703. The van der Waals surface area contributed by atoms with Gasteiger partial charge >= 0.3 is 0 Å². The molecule has 0 fully saturated rings. The third kappa shape index (κ3) is 7.66. The fourth-order valence-corrected chi connectivity index (χ4v) is 5.83. The topological polar surface area (TPSA) is 86.8 Å². The Morgan fingerprint density at radius 3 is 2.13 bits per heavy atom. The highest BCUT2D eigenvalue weighted by atomic mass is 35.5. The van der Waals surface area contributed by atoms with E-state index in [0.717, 1.165) is 4.31 Å². The summed E-state index contributed by atoms with van der Waals surface area (Å²) in [7, 11) is -4.20. The molecule has 0 heterocycles. The van der Waals surface area contributed by atoms with Crippen molar-refractivity contribution in [3.05, 3.63) is 93.4 Å². The molecule has 7 nitrogen and oxygen atoms in total. The molecule has 208 valence electrons. The van der Waals surface area contributed by atoms with Crippen LogP contribution >= 0.6 is 34.8 Å². The zero-order chi connectivity index (χ0) is 28.7. The van der Waals surface area contributed by atoms with Crippen molar-refractivity contribution in [3.63, 3.8) is 0 Å². The summed E-state index contributed by atoms with van der Waals surface area (Å²) in [5, 5.41) is 3.69. The van der Waals surface area contributed by atoms with Gasteiger partial charge in [0, 0.05) is 12.6 Å². The number of hydrogen-bond donors (Lipinski definition) is 1. The molecule has 1 N–H and O–H groups in total. The summed E-state index contributed by atoms with van der Waals surface area (Å²) < 4.78 is 28.5. The number of amides is 2. The summed E-state index contributed by atoms with van der Waals surface area (Å²) in [5.41, 5.74) is 0.763. The molecule has 2 atom stereocenters. The van der Waals surface area contributed by atoms with E-state index in [1.807, 2.05) is 13.8 Å². The molecule has 3 rings (SSSR count). The monoisotopic (exact) mass is 609 g/mol. The van der Waals surface area contributed by atoms with Crippen molar-refractivity contribution >= 4 is 62.3 Å². The van der Waals surface area contributed by atoms with Gasteiger partial charge in [0.05, 0.1) is 25.7 Å². The first kappa shape index (κ1) is 30.8. The van der Waals surface area contributed by atoms with E-state index >= 15 is 0 Å². The number of carbonyl (C=O) groups excluding carboxylic acids is 2. The standard InChI is InChI=1S/C28H30Cl3N3O4S/c1-4-19(2)32-28(36)20(3)33(17-21-14-15-23(29)25(31)16-21)27(35)18-34(26-13-9-8-12-24(26)30)39(37,38)22-10-6-5-7-11-22/h5-16,19-20H,4,17-18H2,1-3H3,(H,32,36)/t19-,20-/m0/s1. The van der Waals surface area contributed by atoms with Crippen molar-refractivity contribution in [1.82, 2.24) is 10.2 Å². The van der Waals surface area contributed by atoms with Crippen molar-refractivity contribution in [2.75, 3.05) is 10.8 Å². The first-order valence-electron chi connectivity index (χ1n) is 12.3. The molecule has 0 radical (unpaired) electrons. The molecular formula is C28H30Cl3N3O4S. The molecule has 11 heteroatoms. The van der Waals surface area contributed by atoms with Crippen LogP contribution < -0.4 is 9.62 Å². The van der Waals surface area contributed by atoms with Crippen LogP contribution in [0.4, 0.5) is 5.69 Å². The van der Waals surface area contributed by atoms with E-state index in [2.05, 4.69) is 5.32 Å². The van der Waals surface area contributed by atoms with Gasteiger partial charge in [-0.2, -0.15) is 0 Å². The first-order chi connectivity index (χ1) is 18.4. The van der Waals surface area contributed by atoms with Crippen LogP contribution in [0.3, 0.4) is 0 Å². The number of carbonyl (C=O) groups is 2. The Kier molecular flexibility index (Phi) is 10.7. The molecule has 0 aliphatic rings. The van der Waals surface area contributed by atoms with Crippen LogP contribution in [-0.4, -0.2) is 43.8 Å². The van der Waals surface area contributed by atoms with Gasteiger partial charge in [-0.3, -0.25) is 13.9 Å². The molecule has 0 saturated carbocycles. The molecule has 2 amide bonds. The molecule has 3 aromatic rings. The fraction of sp³-hybridized carbons (Fsp3) is 0.286. The molecule has 0 aromatic heterocycles. The highest BCUT2D eigenvalue weighted by Gasteiger charge is 2.33. The predicted octanol–water partition coefficient (Wildman–Crippen LogP) is 6.17. The zero-order valence-electron chi connectivity index (χ0n) is 21.8. The normalized spacial score (nSPS) is 12.9. The van der Waals surface area contributed by atoms with E-state index in [4.69, 9.17) is 34.8 Å². The van der Waals surface area contributed by atoms with Crippen LogP contribution in [0.25, 0.3) is 0 Å². The lowest BCUT2D eigenvalue weighted by atomic mass is 10.1. The predicted molar refractivity (Wildman–Crippen MR) is 157 cm³/mol. The molecule has 0 aliphatic carbocycles. The number of halogens is 3. The third-order valence-corrected chi connectivity index (χ3v) is 9.07. The number of sulfonamides is 1. The lowest BCUT2D eigenvalue weighted by Crippen LogP contribution is -2.52. The van der Waals surface area contributed by atoms with Crippen LogP contribution in [0.1, 0.15) is 32.8 Å². The van der Waals surface area contributed by atoms with Gasteiger partial charge in [-0.25, -0.2) is 8.42 Å². The summed E-state index contributed by atoms with van der Waals surface area (Å²) in [6, 6.07) is 18.0. The Balaban J connectivity index is 2.04. The SMILES string of the molecule is CC[C@H](C)NC(=O)[C@H](C)N(Cc1ccc(Cl)c(Cl)c1)C(=O)CN(c1ccccc1Cl)S(=O)(=O)c1ccccc1. The van der Waals surface area contributed by atoms with Gasteiger partial charge in [0.2, 0.25) is 11.8 Å². The van der Waals surface area contributed by atoms with Gasteiger partial charge in [-0.05, 0) is 62.2 Å². The van der Waals surface area contributed by atoms with Crippen molar-refractivity contribution < 1.29 is 18.0 Å².